The van der Waals surface area contributed by atoms with Crippen LogP contribution >= 0.6 is 11.6 Å². The van der Waals surface area contributed by atoms with E-state index in [1.165, 1.54) is 0 Å². The van der Waals surface area contributed by atoms with Gasteiger partial charge in [-0.2, -0.15) is 8.78 Å². The zero-order chi connectivity index (χ0) is 11.7. The van der Waals surface area contributed by atoms with Crippen LogP contribution in [0.3, 0.4) is 0 Å². The molecule has 0 radical (unpaired) electrons. The molecule has 0 atom stereocenters. The highest BCUT2D eigenvalue weighted by atomic mass is 35.5. The zero-order valence-corrected chi connectivity index (χ0v) is 7.96. The first-order valence-electron chi connectivity index (χ1n) is 3.51. The highest BCUT2D eigenvalue weighted by Gasteiger charge is 2.29. The highest BCUT2D eigenvalue weighted by molar-refractivity contribution is 6.67. The van der Waals surface area contributed by atoms with Crippen molar-refractivity contribution in [2.24, 2.45) is 0 Å². The van der Waals surface area contributed by atoms with E-state index < -0.39 is 39.8 Å². The van der Waals surface area contributed by atoms with Gasteiger partial charge in [0.15, 0.2) is 17.4 Å². The van der Waals surface area contributed by atoms with Gasteiger partial charge in [-0.25, -0.2) is 8.78 Å². The summed E-state index contributed by atoms with van der Waals surface area (Å²) in [6.45, 7) is 0. The summed E-state index contributed by atoms with van der Waals surface area (Å²) in [4.78, 5) is 10.5. The van der Waals surface area contributed by atoms with Crippen molar-refractivity contribution in [2.75, 3.05) is 7.11 Å². The Labute approximate surface area is 86.4 Å². The molecular formula is C8H3ClF4O2. The summed E-state index contributed by atoms with van der Waals surface area (Å²) in [7, 11) is 0.822. The Balaban J connectivity index is 3.66. The van der Waals surface area contributed by atoms with Crippen LogP contribution in [0.1, 0.15) is 10.4 Å². The molecule has 0 unspecified atom stereocenters. The van der Waals surface area contributed by atoms with Crippen LogP contribution in [0.5, 0.6) is 5.75 Å². The Morgan fingerprint density at radius 2 is 1.47 bits per heavy atom. The molecule has 2 nitrogen and oxygen atoms in total. The third-order valence-corrected chi connectivity index (χ3v) is 1.81. The Kier molecular flexibility index (Phi) is 3.18. The quantitative estimate of drug-likeness (QED) is 0.453. The summed E-state index contributed by atoms with van der Waals surface area (Å²) in [5.41, 5.74) is -1.48. The van der Waals surface area contributed by atoms with Gasteiger partial charge in [0, 0.05) is 0 Å². The van der Waals surface area contributed by atoms with Crippen LogP contribution in [0.4, 0.5) is 17.6 Å². The molecule has 15 heavy (non-hydrogen) atoms. The van der Waals surface area contributed by atoms with Crippen molar-refractivity contribution in [2.45, 2.75) is 0 Å². The molecule has 0 saturated heterocycles. The monoisotopic (exact) mass is 242 g/mol. The molecule has 0 aliphatic rings. The molecule has 0 fully saturated rings. The van der Waals surface area contributed by atoms with Crippen molar-refractivity contribution in [1.29, 1.82) is 0 Å². The SMILES string of the molecule is COc1c(F)c(F)c(C(=O)Cl)c(F)c1F. The Hall–Kier alpha value is -1.30. The average molecular weight is 243 g/mol. The largest absolute Gasteiger partial charge is 0.491 e. The van der Waals surface area contributed by atoms with Gasteiger partial charge >= 0.3 is 0 Å². The molecule has 0 aliphatic heterocycles. The van der Waals surface area contributed by atoms with Crippen LogP contribution in [-0.2, 0) is 0 Å². The normalized spacial score (nSPS) is 10.3. The summed E-state index contributed by atoms with van der Waals surface area (Å²) < 4.78 is 55.9. The van der Waals surface area contributed by atoms with E-state index >= 15 is 0 Å². The topological polar surface area (TPSA) is 26.3 Å². The summed E-state index contributed by atoms with van der Waals surface area (Å²) in [6, 6.07) is 0. The van der Waals surface area contributed by atoms with E-state index in [9.17, 15) is 22.4 Å². The summed E-state index contributed by atoms with van der Waals surface area (Å²) in [5.74, 6) is -8.62. The molecule has 0 spiro atoms. The van der Waals surface area contributed by atoms with Crippen molar-refractivity contribution in [3.05, 3.63) is 28.8 Å². The maximum atomic E-state index is 13.0. The van der Waals surface area contributed by atoms with Gasteiger partial charge in [0.25, 0.3) is 5.24 Å². The molecule has 1 aromatic carbocycles. The molecule has 0 heterocycles. The van der Waals surface area contributed by atoms with Crippen LogP contribution in [0, 0.1) is 23.3 Å². The van der Waals surface area contributed by atoms with Crippen LogP contribution < -0.4 is 4.74 Å². The van der Waals surface area contributed by atoms with E-state index in [-0.39, 0.29) is 0 Å². The van der Waals surface area contributed by atoms with E-state index in [0.29, 0.717) is 0 Å². The molecule has 1 aromatic rings. The standard InChI is InChI=1S/C8H3ClF4O2/c1-15-7-5(12)3(10)2(8(9)14)4(11)6(7)13/h1H3. The van der Waals surface area contributed by atoms with Crippen molar-refractivity contribution in [1.82, 2.24) is 0 Å². The second-order valence-electron chi connectivity index (χ2n) is 2.44. The highest BCUT2D eigenvalue weighted by Crippen LogP contribution is 2.30. The van der Waals surface area contributed by atoms with Crippen molar-refractivity contribution < 1.29 is 27.1 Å². The number of halogens is 5. The van der Waals surface area contributed by atoms with Crippen LogP contribution in [0.25, 0.3) is 0 Å². The zero-order valence-electron chi connectivity index (χ0n) is 7.21. The lowest BCUT2D eigenvalue weighted by atomic mass is 10.2. The lowest BCUT2D eigenvalue weighted by molar-refractivity contribution is 0.107. The third-order valence-electron chi connectivity index (χ3n) is 1.62. The molecule has 0 saturated carbocycles. The second-order valence-corrected chi connectivity index (χ2v) is 2.78. The maximum absolute atomic E-state index is 13.0. The minimum absolute atomic E-state index is 0.822. The van der Waals surface area contributed by atoms with E-state index in [0.717, 1.165) is 7.11 Å². The van der Waals surface area contributed by atoms with E-state index in [4.69, 9.17) is 11.6 Å². The number of ether oxygens (including phenoxy) is 1. The van der Waals surface area contributed by atoms with Gasteiger partial charge in [0.2, 0.25) is 11.6 Å². The molecule has 82 valence electrons. The second kappa shape index (κ2) is 4.06. The number of carbonyl (C=O) groups is 1. The molecule has 0 N–H and O–H groups in total. The van der Waals surface area contributed by atoms with Crippen molar-refractivity contribution >= 4 is 16.8 Å². The smallest absolute Gasteiger partial charge is 0.258 e. The van der Waals surface area contributed by atoms with E-state index in [2.05, 4.69) is 4.74 Å². The Morgan fingerprint density at radius 1 is 1.07 bits per heavy atom. The first-order chi connectivity index (χ1) is 6.91. The predicted octanol–water partition coefficient (Wildman–Crippen LogP) is 2.63. The van der Waals surface area contributed by atoms with Gasteiger partial charge in [0.1, 0.15) is 5.56 Å². The van der Waals surface area contributed by atoms with Gasteiger partial charge < -0.3 is 4.74 Å². The number of hydrogen-bond donors (Lipinski definition) is 0. The lowest BCUT2D eigenvalue weighted by Gasteiger charge is -2.07. The first kappa shape index (κ1) is 11.8. The Morgan fingerprint density at radius 3 is 1.73 bits per heavy atom. The van der Waals surface area contributed by atoms with Gasteiger partial charge in [0.05, 0.1) is 7.11 Å². The third kappa shape index (κ3) is 1.77. The number of methoxy groups -OCH3 is 1. The fourth-order valence-corrected chi connectivity index (χ4v) is 1.13. The fraction of sp³-hybridized carbons (Fsp3) is 0.125. The number of hydrogen-bond acceptors (Lipinski definition) is 2. The minimum atomic E-state index is -1.88. The summed E-state index contributed by atoms with van der Waals surface area (Å²) in [6.07, 6.45) is 0. The molecule has 7 heteroatoms. The molecule has 0 bridgehead atoms. The van der Waals surface area contributed by atoms with E-state index in [1.807, 2.05) is 0 Å². The summed E-state index contributed by atoms with van der Waals surface area (Å²) >= 11 is 4.76. The summed E-state index contributed by atoms with van der Waals surface area (Å²) in [5, 5.41) is -1.63. The number of benzene rings is 1. The van der Waals surface area contributed by atoms with Gasteiger partial charge in [-0.15, -0.1) is 0 Å². The first-order valence-corrected chi connectivity index (χ1v) is 3.89. The molecule has 0 amide bonds. The Bertz CT molecular complexity index is 404. The van der Waals surface area contributed by atoms with Gasteiger partial charge in [-0.05, 0) is 11.6 Å². The van der Waals surface area contributed by atoms with E-state index in [1.54, 1.807) is 0 Å². The minimum Gasteiger partial charge on any atom is -0.491 e. The van der Waals surface area contributed by atoms with Gasteiger partial charge in [-0.1, -0.05) is 0 Å². The number of carbonyl (C=O) groups excluding carboxylic acids is 1. The molecule has 1 rings (SSSR count). The average Bonchev–Trinajstić information content (AvgIpc) is 2.16. The predicted molar refractivity (Wildman–Crippen MR) is 43.0 cm³/mol. The molecular weight excluding hydrogens is 240 g/mol. The fourth-order valence-electron chi connectivity index (χ4n) is 0.963. The van der Waals surface area contributed by atoms with Crippen LogP contribution in [0.2, 0.25) is 0 Å². The number of rotatable bonds is 2. The van der Waals surface area contributed by atoms with Crippen molar-refractivity contribution in [3.8, 4) is 5.75 Å². The van der Waals surface area contributed by atoms with Gasteiger partial charge in [-0.3, -0.25) is 4.79 Å². The molecule has 0 aliphatic carbocycles. The maximum Gasteiger partial charge on any atom is 0.258 e. The van der Waals surface area contributed by atoms with Crippen LogP contribution in [0.15, 0.2) is 0 Å². The molecule has 0 aromatic heterocycles. The van der Waals surface area contributed by atoms with Crippen LogP contribution in [-0.4, -0.2) is 12.4 Å². The van der Waals surface area contributed by atoms with Crippen molar-refractivity contribution in [3.63, 3.8) is 0 Å². The lowest BCUT2D eigenvalue weighted by Crippen LogP contribution is -2.08.